The minimum absolute atomic E-state index is 0.0287. The third-order valence-electron chi connectivity index (χ3n) is 2.87. The molecule has 0 aliphatic carbocycles. The van der Waals surface area contributed by atoms with Gasteiger partial charge in [-0.25, -0.2) is 8.78 Å². The molecular formula is C15H12ClF2NO2. The third kappa shape index (κ3) is 3.77. The maximum Gasteiger partial charge on any atom is 0.258 e. The van der Waals surface area contributed by atoms with Crippen molar-refractivity contribution in [2.45, 2.75) is 6.42 Å². The number of hydrogen-bond donors (Lipinski definition) is 2. The van der Waals surface area contributed by atoms with Crippen LogP contribution in [0, 0.1) is 11.6 Å². The fourth-order valence-corrected chi connectivity index (χ4v) is 1.93. The number of halogens is 3. The Labute approximate surface area is 125 Å². The normalized spacial score (nSPS) is 10.5. The molecule has 2 aromatic carbocycles. The topological polar surface area (TPSA) is 49.3 Å². The number of nitrogens with one attached hydrogen (secondary N) is 1. The Morgan fingerprint density at radius 2 is 1.81 bits per heavy atom. The molecule has 2 aromatic rings. The van der Waals surface area contributed by atoms with Crippen molar-refractivity contribution in [1.29, 1.82) is 0 Å². The molecule has 6 heteroatoms. The van der Waals surface area contributed by atoms with E-state index in [1.807, 2.05) is 0 Å². The Balaban J connectivity index is 2.16. The zero-order valence-corrected chi connectivity index (χ0v) is 11.6. The summed E-state index contributed by atoms with van der Waals surface area (Å²) in [4.78, 5) is 11.9. The van der Waals surface area contributed by atoms with E-state index in [0.717, 1.165) is 17.7 Å². The summed E-state index contributed by atoms with van der Waals surface area (Å²) in [5, 5.41) is 10.9. The zero-order valence-electron chi connectivity index (χ0n) is 10.9. The van der Waals surface area contributed by atoms with E-state index in [1.54, 1.807) is 24.3 Å². The van der Waals surface area contributed by atoms with Crippen molar-refractivity contribution in [3.8, 4) is 0 Å². The van der Waals surface area contributed by atoms with Crippen LogP contribution in [0.5, 0.6) is 0 Å². The molecule has 2 rings (SSSR count). The van der Waals surface area contributed by atoms with Crippen molar-refractivity contribution >= 4 is 23.2 Å². The lowest BCUT2D eigenvalue weighted by Gasteiger charge is -2.08. The number of benzene rings is 2. The predicted octanol–water partition coefficient (Wildman–Crippen LogP) is 3.41. The highest BCUT2D eigenvalue weighted by atomic mass is 35.5. The maximum absolute atomic E-state index is 13.6. The van der Waals surface area contributed by atoms with Gasteiger partial charge in [0, 0.05) is 12.3 Å². The van der Waals surface area contributed by atoms with Crippen LogP contribution in [0.3, 0.4) is 0 Å². The van der Waals surface area contributed by atoms with E-state index in [-0.39, 0.29) is 11.6 Å². The number of aliphatic hydroxyl groups is 1. The Bertz CT molecular complexity index is 659. The van der Waals surface area contributed by atoms with Crippen molar-refractivity contribution in [1.82, 2.24) is 0 Å². The van der Waals surface area contributed by atoms with Gasteiger partial charge in [0.25, 0.3) is 5.91 Å². The van der Waals surface area contributed by atoms with Crippen LogP contribution in [0.25, 0.3) is 0 Å². The van der Waals surface area contributed by atoms with Crippen LogP contribution in [-0.2, 0) is 6.42 Å². The first-order valence-electron chi connectivity index (χ1n) is 6.17. The first-order valence-corrected chi connectivity index (χ1v) is 6.54. The van der Waals surface area contributed by atoms with E-state index >= 15 is 0 Å². The fraction of sp³-hybridized carbons (Fsp3) is 0.133. The summed E-state index contributed by atoms with van der Waals surface area (Å²) in [6.45, 7) is 0.0287. The van der Waals surface area contributed by atoms with E-state index in [4.69, 9.17) is 16.7 Å². The Kier molecular flexibility index (Phi) is 4.88. The van der Waals surface area contributed by atoms with Gasteiger partial charge in [-0.15, -0.1) is 0 Å². The second-order valence-electron chi connectivity index (χ2n) is 4.37. The van der Waals surface area contributed by atoms with Gasteiger partial charge < -0.3 is 10.4 Å². The number of carbonyl (C=O) groups excluding carboxylic acids is 1. The number of carbonyl (C=O) groups is 1. The van der Waals surface area contributed by atoms with Crippen molar-refractivity contribution in [2.75, 3.05) is 11.9 Å². The van der Waals surface area contributed by atoms with Crippen molar-refractivity contribution in [3.63, 3.8) is 0 Å². The SMILES string of the molecule is O=C(Nc1ccc(CCO)cc1)c1cc(F)c(Cl)cc1F. The third-order valence-corrected chi connectivity index (χ3v) is 3.16. The molecule has 0 radical (unpaired) electrons. The molecule has 21 heavy (non-hydrogen) atoms. The van der Waals surface area contributed by atoms with Crippen LogP contribution < -0.4 is 5.32 Å². The van der Waals surface area contributed by atoms with Gasteiger partial charge in [0.05, 0.1) is 10.6 Å². The number of amides is 1. The van der Waals surface area contributed by atoms with Gasteiger partial charge in [0.15, 0.2) is 0 Å². The molecule has 0 unspecified atom stereocenters. The molecular weight excluding hydrogens is 300 g/mol. The fourth-order valence-electron chi connectivity index (χ4n) is 1.78. The van der Waals surface area contributed by atoms with E-state index < -0.39 is 23.1 Å². The summed E-state index contributed by atoms with van der Waals surface area (Å²) in [5.74, 6) is -2.52. The van der Waals surface area contributed by atoms with Gasteiger partial charge >= 0.3 is 0 Å². The molecule has 0 saturated heterocycles. The van der Waals surface area contributed by atoms with Gasteiger partial charge in [-0.1, -0.05) is 23.7 Å². The predicted molar refractivity (Wildman–Crippen MR) is 76.6 cm³/mol. The molecule has 0 fully saturated rings. The molecule has 0 spiro atoms. The Morgan fingerprint density at radius 3 is 2.43 bits per heavy atom. The number of aliphatic hydroxyl groups excluding tert-OH is 1. The summed E-state index contributed by atoms with van der Waals surface area (Å²) >= 11 is 5.43. The largest absolute Gasteiger partial charge is 0.396 e. The van der Waals surface area contributed by atoms with Gasteiger partial charge in [-0.3, -0.25) is 4.79 Å². The van der Waals surface area contributed by atoms with Crippen molar-refractivity contribution < 1.29 is 18.7 Å². The molecule has 1 amide bonds. The number of anilines is 1. The van der Waals surface area contributed by atoms with Crippen LogP contribution in [0.4, 0.5) is 14.5 Å². The molecule has 0 aliphatic heterocycles. The Hall–Kier alpha value is -1.98. The summed E-state index contributed by atoms with van der Waals surface area (Å²) in [6, 6.07) is 8.21. The quantitative estimate of drug-likeness (QED) is 0.850. The first kappa shape index (κ1) is 15.4. The van der Waals surface area contributed by atoms with Crippen LogP contribution in [-0.4, -0.2) is 17.6 Å². The first-order chi connectivity index (χ1) is 10.0. The minimum Gasteiger partial charge on any atom is -0.396 e. The molecule has 0 atom stereocenters. The highest BCUT2D eigenvalue weighted by Gasteiger charge is 2.15. The van der Waals surface area contributed by atoms with E-state index in [1.165, 1.54) is 0 Å². The van der Waals surface area contributed by atoms with E-state index in [2.05, 4.69) is 5.32 Å². The Morgan fingerprint density at radius 1 is 1.14 bits per heavy atom. The van der Waals surface area contributed by atoms with Crippen LogP contribution in [0.2, 0.25) is 5.02 Å². The highest BCUT2D eigenvalue weighted by molar-refractivity contribution is 6.30. The molecule has 0 aromatic heterocycles. The zero-order chi connectivity index (χ0) is 15.4. The van der Waals surface area contributed by atoms with Crippen LogP contribution in [0.15, 0.2) is 36.4 Å². The summed E-state index contributed by atoms with van der Waals surface area (Å²) in [5.41, 5.74) is 0.923. The number of hydrogen-bond acceptors (Lipinski definition) is 2. The summed E-state index contributed by atoms with van der Waals surface area (Å²) < 4.78 is 26.9. The average molecular weight is 312 g/mol. The monoisotopic (exact) mass is 311 g/mol. The number of rotatable bonds is 4. The van der Waals surface area contributed by atoms with E-state index in [0.29, 0.717) is 12.1 Å². The molecule has 0 heterocycles. The van der Waals surface area contributed by atoms with Gasteiger partial charge in [0.2, 0.25) is 0 Å². The van der Waals surface area contributed by atoms with E-state index in [9.17, 15) is 13.6 Å². The molecule has 0 aliphatic rings. The summed E-state index contributed by atoms with van der Waals surface area (Å²) in [7, 11) is 0. The molecule has 3 nitrogen and oxygen atoms in total. The molecule has 110 valence electrons. The molecule has 0 saturated carbocycles. The molecule has 0 bridgehead atoms. The lowest BCUT2D eigenvalue weighted by atomic mass is 10.1. The van der Waals surface area contributed by atoms with Crippen LogP contribution in [0.1, 0.15) is 15.9 Å². The second kappa shape index (κ2) is 6.65. The van der Waals surface area contributed by atoms with Crippen LogP contribution >= 0.6 is 11.6 Å². The molecule has 2 N–H and O–H groups in total. The maximum atomic E-state index is 13.6. The van der Waals surface area contributed by atoms with Gasteiger partial charge in [-0.2, -0.15) is 0 Å². The smallest absolute Gasteiger partial charge is 0.258 e. The average Bonchev–Trinajstić information content (AvgIpc) is 2.45. The van der Waals surface area contributed by atoms with Gasteiger partial charge in [0.1, 0.15) is 11.6 Å². The van der Waals surface area contributed by atoms with Crippen molar-refractivity contribution in [2.24, 2.45) is 0 Å². The second-order valence-corrected chi connectivity index (χ2v) is 4.78. The lowest BCUT2D eigenvalue weighted by molar-refractivity contribution is 0.102. The van der Waals surface area contributed by atoms with Crippen molar-refractivity contribution in [3.05, 3.63) is 64.2 Å². The highest BCUT2D eigenvalue weighted by Crippen LogP contribution is 2.20. The minimum atomic E-state index is -0.893. The van der Waals surface area contributed by atoms with Gasteiger partial charge in [-0.05, 0) is 36.2 Å². The summed E-state index contributed by atoms with van der Waals surface area (Å²) in [6.07, 6.45) is 0.505. The lowest BCUT2D eigenvalue weighted by Crippen LogP contribution is -2.14. The standard InChI is InChI=1S/C15H12ClF2NO2/c16-12-8-13(17)11(7-14(12)18)15(21)19-10-3-1-9(2-4-10)5-6-20/h1-4,7-8,20H,5-6H2,(H,19,21).